The number of hydrogen-bond acceptors (Lipinski definition) is 4. The van der Waals surface area contributed by atoms with Crippen molar-refractivity contribution in [3.05, 3.63) is 17.8 Å². The lowest BCUT2D eigenvalue weighted by molar-refractivity contribution is 0.217. The van der Waals surface area contributed by atoms with E-state index in [1.807, 2.05) is 13.0 Å². The fourth-order valence-corrected chi connectivity index (χ4v) is 1.78. The number of hydrogen-bond donors (Lipinski definition) is 2. The molecule has 3 N–H and O–H groups in total. The minimum absolute atomic E-state index is 0.133. The van der Waals surface area contributed by atoms with Crippen LogP contribution in [-0.2, 0) is 6.54 Å². The highest BCUT2D eigenvalue weighted by atomic mass is 16.2. The number of fused-ring (bicyclic) bond motifs is 1. The second kappa shape index (κ2) is 5.13. The van der Waals surface area contributed by atoms with Crippen molar-refractivity contribution in [2.75, 3.05) is 26.4 Å². The number of aromatic nitrogens is 3. The Morgan fingerprint density at radius 2 is 2.26 bits per heavy atom. The van der Waals surface area contributed by atoms with E-state index in [0.717, 1.165) is 16.7 Å². The number of nitrogens with two attached hydrogens (primary N) is 1. The van der Waals surface area contributed by atoms with Gasteiger partial charge in [0, 0.05) is 33.4 Å². The molecule has 0 bridgehead atoms. The van der Waals surface area contributed by atoms with Crippen LogP contribution < -0.4 is 11.1 Å². The van der Waals surface area contributed by atoms with E-state index in [9.17, 15) is 4.79 Å². The van der Waals surface area contributed by atoms with Gasteiger partial charge >= 0.3 is 6.03 Å². The van der Waals surface area contributed by atoms with Gasteiger partial charge in [0.25, 0.3) is 0 Å². The number of carbonyl (C=O) groups excluding carboxylic acids is 1. The number of amides is 2. The largest absolute Gasteiger partial charge is 0.369 e. The minimum atomic E-state index is -0.133. The van der Waals surface area contributed by atoms with Crippen LogP contribution >= 0.6 is 0 Å². The Hall–Kier alpha value is -2.31. The Morgan fingerprint density at radius 3 is 2.95 bits per heavy atom. The van der Waals surface area contributed by atoms with Gasteiger partial charge in [0.1, 0.15) is 5.52 Å². The standard InChI is InChI=1S/C12H18N6O/c1-8-6-9-10(15-7-8)18(11(13)16-9)5-4-14-12(19)17(2)3/h6-7H,4-5H2,1-3H3,(H2,13,16)(H,14,19). The molecule has 0 aromatic carbocycles. The molecule has 0 aliphatic rings. The molecule has 2 aromatic heterocycles. The molecule has 2 amide bonds. The Bertz CT molecular complexity index is 604. The lowest BCUT2D eigenvalue weighted by Gasteiger charge is -2.12. The monoisotopic (exact) mass is 262 g/mol. The molecule has 0 unspecified atom stereocenters. The molecule has 0 radical (unpaired) electrons. The first-order valence-electron chi connectivity index (χ1n) is 6.02. The van der Waals surface area contributed by atoms with Crippen molar-refractivity contribution in [2.24, 2.45) is 0 Å². The third kappa shape index (κ3) is 2.75. The van der Waals surface area contributed by atoms with Gasteiger partial charge in [-0.05, 0) is 18.6 Å². The maximum absolute atomic E-state index is 11.4. The third-order valence-corrected chi connectivity index (χ3v) is 2.77. The zero-order valence-corrected chi connectivity index (χ0v) is 11.3. The number of urea groups is 1. The number of pyridine rings is 1. The van der Waals surface area contributed by atoms with E-state index in [2.05, 4.69) is 15.3 Å². The van der Waals surface area contributed by atoms with Gasteiger partial charge in [-0.15, -0.1) is 0 Å². The first kappa shape index (κ1) is 13.1. The molecule has 0 fully saturated rings. The van der Waals surface area contributed by atoms with Crippen LogP contribution in [0.25, 0.3) is 11.2 Å². The summed E-state index contributed by atoms with van der Waals surface area (Å²) in [6, 6.07) is 1.81. The first-order chi connectivity index (χ1) is 8.99. The van der Waals surface area contributed by atoms with Gasteiger partial charge < -0.3 is 16.0 Å². The number of nitrogens with zero attached hydrogens (tertiary/aromatic N) is 4. The van der Waals surface area contributed by atoms with Gasteiger partial charge in [0.2, 0.25) is 5.95 Å². The number of nitrogen functional groups attached to an aromatic ring is 1. The molecular formula is C12H18N6O. The minimum Gasteiger partial charge on any atom is -0.369 e. The van der Waals surface area contributed by atoms with Gasteiger partial charge in [-0.3, -0.25) is 4.57 Å². The lowest BCUT2D eigenvalue weighted by atomic mass is 10.3. The summed E-state index contributed by atoms with van der Waals surface area (Å²) >= 11 is 0. The lowest BCUT2D eigenvalue weighted by Crippen LogP contribution is -2.36. The highest BCUT2D eigenvalue weighted by Crippen LogP contribution is 2.16. The summed E-state index contributed by atoms with van der Waals surface area (Å²) in [5.41, 5.74) is 8.42. The van der Waals surface area contributed by atoms with Crippen molar-refractivity contribution in [3.63, 3.8) is 0 Å². The Morgan fingerprint density at radius 1 is 1.53 bits per heavy atom. The summed E-state index contributed by atoms with van der Waals surface area (Å²) in [4.78, 5) is 21.5. The molecule has 0 spiro atoms. The van der Waals surface area contributed by atoms with Crippen molar-refractivity contribution in [1.29, 1.82) is 0 Å². The molecule has 7 nitrogen and oxygen atoms in total. The summed E-state index contributed by atoms with van der Waals surface area (Å²) in [7, 11) is 3.39. The highest BCUT2D eigenvalue weighted by Gasteiger charge is 2.10. The topological polar surface area (TPSA) is 89.1 Å². The maximum atomic E-state index is 11.4. The molecule has 0 aliphatic carbocycles. The molecule has 0 aliphatic heterocycles. The third-order valence-electron chi connectivity index (χ3n) is 2.77. The number of nitrogens with one attached hydrogen (secondary N) is 1. The number of imidazole rings is 1. The van der Waals surface area contributed by atoms with Crippen LogP contribution in [0.1, 0.15) is 5.56 Å². The van der Waals surface area contributed by atoms with Crippen molar-refractivity contribution < 1.29 is 4.79 Å². The average molecular weight is 262 g/mol. The van der Waals surface area contributed by atoms with Crippen LogP contribution in [0.4, 0.5) is 10.7 Å². The van der Waals surface area contributed by atoms with Crippen LogP contribution in [0, 0.1) is 6.92 Å². The first-order valence-corrected chi connectivity index (χ1v) is 6.02. The average Bonchev–Trinajstić information content (AvgIpc) is 2.64. The molecule has 2 rings (SSSR count). The fraction of sp³-hybridized carbons (Fsp3) is 0.417. The molecule has 102 valence electrons. The van der Waals surface area contributed by atoms with Gasteiger partial charge in [0.15, 0.2) is 5.65 Å². The predicted molar refractivity (Wildman–Crippen MR) is 73.8 cm³/mol. The number of carbonyl (C=O) groups is 1. The molecule has 2 heterocycles. The van der Waals surface area contributed by atoms with E-state index < -0.39 is 0 Å². The van der Waals surface area contributed by atoms with Gasteiger partial charge in [-0.25, -0.2) is 14.8 Å². The van der Waals surface area contributed by atoms with Crippen molar-refractivity contribution >= 4 is 23.1 Å². The molecule has 0 saturated carbocycles. The van der Waals surface area contributed by atoms with Crippen molar-refractivity contribution in [2.45, 2.75) is 13.5 Å². The van der Waals surface area contributed by atoms with Gasteiger partial charge in [-0.1, -0.05) is 0 Å². The summed E-state index contributed by atoms with van der Waals surface area (Å²) < 4.78 is 1.80. The van der Waals surface area contributed by atoms with Crippen LogP contribution in [0.2, 0.25) is 0 Å². The summed E-state index contributed by atoms with van der Waals surface area (Å²) in [6.45, 7) is 2.97. The summed E-state index contributed by atoms with van der Waals surface area (Å²) in [6.07, 6.45) is 1.78. The fourth-order valence-electron chi connectivity index (χ4n) is 1.78. The van der Waals surface area contributed by atoms with E-state index >= 15 is 0 Å². The zero-order valence-electron chi connectivity index (χ0n) is 11.3. The number of rotatable bonds is 3. The van der Waals surface area contributed by atoms with Gasteiger partial charge in [0.05, 0.1) is 0 Å². The molecule has 0 atom stereocenters. The normalized spacial score (nSPS) is 10.7. The molecule has 0 saturated heterocycles. The molecule has 19 heavy (non-hydrogen) atoms. The maximum Gasteiger partial charge on any atom is 0.316 e. The van der Waals surface area contributed by atoms with Crippen molar-refractivity contribution in [1.82, 2.24) is 24.8 Å². The molecular weight excluding hydrogens is 244 g/mol. The van der Waals surface area contributed by atoms with Crippen molar-refractivity contribution in [3.8, 4) is 0 Å². The van der Waals surface area contributed by atoms with Gasteiger partial charge in [-0.2, -0.15) is 0 Å². The SMILES string of the molecule is Cc1cnc2c(c1)nc(N)n2CCNC(=O)N(C)C. The Labute approximate surface area is 111 Å². The predicted octanol–water partition coefficient (Wildman–Crippen LogP) is 0.593. The Balaban J connectivity index is 2.12. The highest BCUT2D eigenvalue weighted by molar-refractivity contribution is 5.75. The molecule has 2 aromatic rings. The summed E-state index contributed by atoms with van der Waals surface area (Å²) in [5, 5.41) is 2.78. The number of anilines is 1. The van der Waals surface area contributed by atoms with Crippen LogP contribution in [-0.4, -0.2) is 46.1 Å². The molecule has 7 heteroatoms. The van der Waals surface area contributed by atoms with Crippen LogP contribution in [0.3, 0.4) is 0 Å². The van der Waals surface area contributed by atoms with E-state index in [0.29, 0.717) is 19.0 Å². The van der Waals surface area contributed by atoms with E-state index in [1.165, 1.54) is 4.90 Å². The Kier molecular flexibility index (Phi) is 3.55. The zero-order chi connectivity index (χ0) is 14.0. The van der Waals surface area contributed by atoms with E-state index in [-0.39, 0.29) is 6.03 Å². The quantitative estimate of drug-likeness (QED) is 0.847. The smallest absolute Gasteiger partial charge is 0.316 e. The summed E-state index contributed by atoms with van der Waals surface area (Å²) in [5.74, 6) is 0.409. The second-order valence-electron chi connectivity index (χ2n) is 4.60. The van der Waals surface area contributed by atoms with Crippen LogP contribution in [0.15, 0.2) is 12.3 Å². The second-order valence-corrected chi connectivity index (χ2v) is 4.60. The van der Waals surface area contributed by atoms with E-state index in [1.54, 1.807) is 24.9 Å². The van der Waals surface area contributed by atoms with E-state index in [4.69, 9.17) is 5.73 Å². The number of aryl methyl sites for hydroxylation is 1. The van der Waals surface area contributed by atoms with Crippen LogP contribution in [0.5, 0.6) is 0 Å².